The van der Waals surface area contributed by atoms with Crippen molar-refractivity contribution in [3.63, 3.8) is 0 Å². The number of anilines is 1. The molecule has 3 aromatic heterocycles. The van der Waals surface area contributed by atoms with Crippen LogP contribution >= 0.6 is 11.9 Å². The number of ether oxygens (including phenoxy) is 1. The number of halogens is 2. The van der Waals surface area contributed by atoms with Gasteiger partial charge in [0.05, 0.1) is 12.5 Å². The van der Waals surface area contributed by atoms with E-state index in [9.17, 15) is 13.6 Å². The molecule has 4 rings (SSSR count). The van der Waals surface area contributed by atoms with E-state index in [4.69, 9.17) is 9.15 Å². The number of benzene rings is 1. The highest BCUT2D eigenvalue weighted by Crippen LogP contribution is 2.36. The molecule has 148 valence electrons. The first kappa shape index (κ1) is 18.9. The van der Waals surface area contributed by atoms with Crippen LogP contribution < -0.4 is 15.0 Å². The Morgan fingerprint density at radius 3 is 2.83 bits per heavy atom. The van der Waals surface area contributed by atoms with E-state index in [0.29, 0.717) is 22.6 Å². The Balaban J connectivity index is 1.92. The third-order valence-corrected chi connectivity index (χ3v) is 4.50. The van der Waals surface area contributed by atoms with E-state index in [1.807, 2.05) is 6.26 Å². The standard InChI is InChI=1S/C19H14F2N4O3S/c1-25-9-12(11-5-6-27-17(11)18(25)26)16-15(8-22-19(23-16)24-29-2)28-14-4-3-10(20)7-13(14)21/h3-9H,1-2H3,(H,22,23,24). The summed E-state index contributed by atoms with van der Waals surface area (Å²) in [5, 5.41) is 0.520. The Morgan fingerprint density at radius 1 is 1.24 bits per heavy atom. The number of hydrogen-bond donors (Lipinski definition) is 1. The molecule has 1 N–H and O–H groups in total. The highest BCUT2D eigenvalue weighted by Gasteiger charge is 2.19. The molecule has 1 aromatic carbocycles. The molecule has 3 heterocycles. The predicted octanol–water partition coefficient (Wildman–Crippen LogP) is 4.35. The predicted molar refractivity (Wildman–Crippen MR) is 106 cm³/mol. The molecule has 0 aliphatic rings. The molecule has 4 aromatic rings. The maximum Gasteiger partial charge on any atom is 0.293 e. The largest absolute Gasteiger partial charge is 0.458 e. The van der Waals surface area contributed by atoms with Crippen LogP contribution in [0.4, 0.5) is 14.7 Å². The second-order valence-electron chi connectivity index (χ2n) is 6.01. The average molecular weight is 416 g/mol. The number of aryl methyl sites for hydroxylation is 1. The van der Waals surface area contributed by atoms with Crippen molar-refractivity contribution in [3.05, 3.63) is 64.9 Å². The molecule has 0 fully saturated rings. The Morgan fingerprint density at radius 2 is 2.07 bits per heavy atom. The first-order valence-electron chi connectivity index (χ1n) is 8.34. The fraction of sp³-hybridized carbons (Fsp3) is 0.105. The van der Waals surface area contributed by atoms with Gasteiger partial charge in [-0.3, -0.25) is 9.52 Å². The molecule has 0 unspecified atom stereocenters. The lowest BCUT2D eigenvalue weighted by Gasteiger charge is -2.13. The average Bonchev–Trinajstić information content (AvgIpc) is 3.18. The van der Waals surface area contributed by atoms with Crippen LogP contribution in [-0.2, 0) is 7.05 Å². The molecule has 0 amide bonds. The highest BCUT2D eigenvalue weighted by atomic mass is 32.2. The molecule has 0 spiro atoms. The lowest BCUT2D eigenvalue weighted by atomic mass is 10.1. The molecule has 0 bridgehead atoms. The first-order chi connectivity index (χ1) is 14.0. The van der Waals surface area contributed by atoms with Crippen LogP contribution in [0.5, 0.6) is 11.5 Å². The van der Waals surface area contributed by atoms with Crippen LogP contribution in [0.25, 0.3) is 22.2 Å². The summed E-state index contributed by atoms with van der Waals surface area (Å²) in [6.45, 7) is 0. The van der Waals surface area contributed by atoms with Crippen molar-refractivity contribution in [1.82, 2.24) is 14.5 Å². The second-order valence-corrected chi connectivity index (χ2v) is 6.62. The van der Waals surface area contributed by atoms with Crippen LogP contribution in [0.2, 0.25) is 0 Å². The molecule has 0 atom stereocenters. The summed E-state index contributed by atoms with van der Waals surface area (Å²) in [4.78, 5) is 20.9. The third-order valence-electron chi connectivity index (χ3n) is 4.11. The number of hydrogen-bond acceptors (Lipinski definition) is 7. The van der Waals surface area contributed by atoms with Crippen LogP contribution in [0.15, 0.2) is 52.1 Å². The van der Waals surface area contributed by atoms with Crippen molar-refractivity contribution in [1.29, 1.82) is 0 Å². The quantitative estimate of drug-likeness (QED) is 0.485. The summed E-state index contributed by atoms with van der Waals surface area (Å²) in [7, 11) is 1.58. The SMILES string of the molecule is CSNc1ncc(Oc2ccc(F)cc2F)c(-c2cn(C)c(=O)c3occc23)n1. The molecule has 0 radical (unpaired) electrons. The van der Waals surface area contributed by atoms with Gasteiger partial charge in [-0.1, -0.05) is 11.9 Å². The molecule has 10 heteroatoms. The van der Waals surface area contributed by atoms with Crippen LogP contribution in [0.1, 0.15) is 0 Å². The third kappa shape index (κ3) is 3.54. The lowest BCUT2D eigenvalue weighted by molar-refractivity contribution is 0.436. The molecular formula is C19H14F2N4O3S. The summed E-state index contributed by atoms with van der Waals surface area (Å²) in [5.74, 6) is -1.34. The zero-order valence-electron chi connectivity index (χ0n) is 15.3. The van der Waals surface area contributed by atoms with Crippen molar-refractivity contribution in [2.75, 3.05) is 11.0 Å². The van der Waals surface area contributed by atoms with Crippen molar-refractivity contribution in [2.45, 2.75) is 0 Å². The Kier molecular flexibility index (Phi) is 4.93. The first-order valence-corrected chi connectivity index (χ1v) is 9.56. The number of nitrogens with one attached hydrogen (secondary N) is 1. The normalized spacial score (nSPS) is 11.0. The lowest BCUT2D eigenvalue weighted by Crippen LogP contribution is -2.16. The number of pyridine rings is 1. The summed E-state index contributed by atoms with van der Waals surface area (Å²) in [5.41, 5.74) is 0.682. The van der Waals surface area contributed by atoms with Crippen molar-refractivity contribution in [2.24, 2.45) is 7.05 Å². The number of furan rings is 1. The van der Waals surface area contributed by atoms with Crippen molar-refractivity contribution in [3.8, 4) is 22.8 Å². The highest BCUT2D eigenvalue weighted by molar-refractivity contribution is 7.99. The van der Waals surface area contributed by atoms with Crippen molar-refractivity contribution < 1.29 is 17.9 Å². The van der Waals surface area contributed by atoms with Gasteiger partial charge in [0.15, 0.2) is 22.9 Å². The minimum absolute atomic E-state index is 0.128. The fourth-order valence-electron chi connectivity index (χ4n) is 2.81. The Labute approximate surface area is 167 Å². The van der Waals surface area contributed by atoms with Gasteiger partial charge >= 0.3 is 0 Å². The zero-order valence-corrected chi connectivity index (χ0v) is 16.1. The van der Waals surface area contributed by atoms with Gasteiger partial charge in [0.25, 0.3) is 5.56 Å². The van der Waals surface area contributed by atoms with Gasteiger partial charge in [-0.15, -0.1) is 0 Å². The Hall–Kier alpha value is -3.40. The van der Waals surface area contributed by atoms with Crippen LogP contribution in [0, 0.1) is 11.6 Å². The van der Waals surface area contributed by atoms with Gasteiger partial charge in [-0.25, -0.2) is 18.7 Å². The van der Waals surface area contributed by atoms with E-state index in [0.717, 1.165) is 12.1 Å². The minimum atomic E-state index is -0.865. The van der Waals surface area contributed by atoms with Gasteiger partial charge in [-0.05, 0) is 18.2 Å². The molecule has 0 aliphatic carbocycles. The topological polar surface area (TPSA) is 82.2 Å². The van der Waals surface area contributed by atoms with E-state index >= 15 is 0 Å². The van der Waals surface area contributed by atoms with Gasteiger partial charge < -0.3 is 13.7 Å². The van der Waals surface area contributed by atoms with E-state index in [1.165, 1.54) is 35.0 Å². The van der Waals surface area contributed by atoms with Crippen LogP contribution in [-0.4, -0.2) is 20.8 Å². The molecular weight excluding hydrogens is 402 g/mol. The fourth-order valence-corrected chi connectivity index (χ4v) is 3.09. The smallest absolute Gasteiger partial charge is 0.293 e. The summed E-state index contributed by atoms with van der Waals surface area (Å²) >= 11 is 1.29. The molecule has 0 aliphatic heterocycles. The molecule has 29 heavy (non-hydrogen) atoms. The number of fused-ring (bicyclic) bond motifs is 1. The summed E-state index contributed by atoms with van der Waals surface area (Å²) < 4.78 is 42.6. The van der Waals surface area contributed by atoms with E-state index in [-0.39, 0.29) is 22.6 Å². The van der Waals surface area contributed by atoms with Gasteiger partial charge in [0.1, 0.15) is 11.5 Å². The monoisotopic (exact) mass is 416 g/mol. The minimum Gasteiger partial charge on any atom is -0.458 e. The van der Waals surface area contributed by atoms with Gasteiger partial charge in [0.2, 0.25) is 5.95 Å². The Bertz CT molecular complexity index is 1270. The molecule has 0 saturated heterocycles. The number of nitrogens with zero attached hydrogens (tertiary/aromatic N) is 3. The van der Waals surface area contributed by atoms with Gasteiger partial charge in [-0.2, -0.15) is 0 Å². The van der Waals surface area contributed by atoms with Gasteiger partial charge in [0, 0.05) is 36.5 Å². The second kappa shape index (κ2) is 7.55. The van der Waals surface area contributed by atoms with E-state index < -0.39 is 11.6 Å². The maximum atomic E-state index is 14.1. The van der Waals surface area contributed by atoms with E-state index in [2.05, 4.69) is 14.7 Å². The van der Waals surface area contributed by atoms with Crippen molar-refractivity contribution >= 4 is 28.9 Å². The van der Waals surface area contributed by atoms with Crippen LogP contribution in [0.3, 0.4) is 0 Å². The van der Waals surface area contributed by atoms with E-state index in [1.54, 1.807) is 19.3 Å². The summed E-state index contributed by atoms with van der Waals surface area (Å²) in [6, 6.07) is 4.62. The molecule has 7 nitrogen and oxygen atoms in total. The number of rotatable bonds is 5. The zero-order chi connectivity index (χ0) is 20.5. The maximum absolute atomic E-state index is 14.1. The molecule has 0 saturated carbocycles. The number of aromatic nitrogens is 3. The summed E-state index contributed by atoms with van der Waals surface area (Å²) in [6.07, 6.45) is 6.17.